The lowest BCUT2D eigenvalue weighted by Crippen LogP contribution is -2.21. The molecule has 6 heteroatoms. The molecule has 2 aromatic carbocycles. The van der Waals surface area contributed by atoms with Gasteiger partial charge in [0.25, 0.3) is 5.91 Å². The molecule has 1 aromatic heterocycles. The van der Waals surface area contributed by atoms with Gasteiger partial charge in [0.15, 0.2) is 0 Å². The molecule has 0 unspecified atom stereocenters. The van der Waals surface area contributed by atoms with Crippen molar-refractivity contribution in [2.24, 2.45) is 0 Å². The maximum Gasteiger partial charge on any atom is 0.259 e. The average molecular weight is 432 g/mol. The highest BCUT2D eigenvalue weighted by molar-refractivity contribution is 6.06. The second-order valence-corrected chi connectivity index (χ2v) is 7.88. The van der Waals surface area contributed by atoms with Gasteiger partial charge in [-0.25, -0.2) is 0 Å². The van der Waals surface area contributed by atoms with Crippen LogP contribution in [0.25, 0.3) is 0 Å². The van der Waals surface area contributed by atoms with E-state index in [1.54, 1.807) is 24.5 Å². The number of hydrogen-bond donors (Lipinski definition) is 1. The molecule has 1 aliphatic heterocycles. The molecule has 1 N–H and O–H groups in total. The molecule has 0 spiro atoms. The summed E-state index contributed by atoms with van der Waals surface area (Å²) >= 11 is 0. The quantitative estimate of drug-likeness (QED) is 0.468. The SMILES string of the molecule is O=C(Nc1ccccc1)c1ccc(OCCCN2CCCC2)cc1OCc1cccnc1. The van der Waals surface area contributed by atoms with Crippen LogP contribution < -0.4 is 14.8 Å². The summed E-state index contributed by atoms with van der Waals surface area (Å²) < 4.78 is 12.0. The minimum absolute atomic E-state index is 0.224. The van der Waals surface area contributed by atoms with Crippen molar-refractivity contribution in [1.29, 1.82) is 0 Å². The van der Waals surface area contributed by atoms with Gasteiger partial charge in [0.1, 0.15) is 18.1 Å². The van der Waals surface area contributed by atoms with E-state index in [4.69, 9.17) is 9.47 Å². The van der Waals surface area contributed by atoms with Crippen LogP contribution >= 0.6 is 0 Å². The summed E-state index contributed by atoms with van der Waals surface area (Å²) in [5.41, 5.74) is 2.12. The second-order valence-electron chi connectivity index (χ2n) is 7.88. The molecular weight excluding hydrogens is 402 g/mol. The fourth-order valence-corrected chi connectivity index (χ4v) is 3.75. The van der Waals surface area contributed by atoms with Crippen LogP contribution in [-0.2, 0) is 6.61 Å². The molecule has 1 fully saturated rings. The maximum atomic E-state index is 12.9. The number of carbonyl (C=O) groups is 1. The first-order valence-electron chi connectivity index (χ1n) is 11.2. The summed E-state index contributed by atoms with van der Waals surface area (Å²) in [6.45, 7) is 4.39. The van der Waals surface area contributed by atoms with Gasteiger partial charge in [-0.15, -0.1) is 0 Å². The number of pyridine rings is 1. The topological polar surface area (TPSA) is 63.7 Å². The Balaban J connectivity index is 1.43. The van der Waals surface area contributed by atoms with Gasteiger partial charge in [-0.2, -0.15) is 0 Å². The van der Waals surface area contributed by atoms with Gasteiger partial charge in [0.05, 0.1) is 12.2 Å². The van der Waals surface area contributed by atoms with Crippen molar-refractivity contribution < 1.29 is 14.3 Å². The lowest BCUT2D eigenvalue weighted by atomic mass is 10.1. The highest BCUT2D eigenvalue weighted by Gasteiger charge is 2.15. The molecular formula is C26H29N3O3. The molecule has 0 bridgehead atoms. The maximum absolute atomic E-state index is 12.9. The zero-order valence-electron chi connectivity index (χ0n) is 18.2. The number of amides is 1. The third-order valence-corrected chi connectivity index (χ3v) is 5.43. The van der Waals surface area contributed by atoms with Crippen molar-refractivity contribution in [3.8, 4) is 11.5 Å². The lowest BCUT2D eigenvalue weighted by molar-refractivity contribution is 0.102. The summed E-state index contributed by atoms with van der Waals surface area (Å²) in [6, 6.07) is 18.6. The fourth-order valence-electron chi connectivity index (χ4n) is 3.75. The average Bonchev–Trinajstić information content (AvgIpc) is 3.35. The molecule has 0 radical (unpaired) electrons. The predicted octanol–water partition coefficient (Wildman–Crippen LogP) is 4.78. The number of ether oxygens (including phenoxy) is 2. The van der Waals surface area contributed by atoms with Gasteiger partial charge >= 0.3 is 0 Å². The van der Waals surface area contributed by atoms with Crippen molar-refractivity contribution in [1.82, 2.24) is 9.88 Å². The lowest BCUT2D eigenvalue weighted by Gasteiger charge is -2.16. The van der Waals surface area contributed by atoms with E-state index in [2.05, 4.69) is 15.2 Å². The number of nitrogens with one attached hydrogen (secondary N) is 1. The van der Waals surface area contributed by atoms with Crippen LogP contribution in [0.5, 0.6) is 11.5 Å². The van der Waals surface area contributed by atoms with Crippen molar-refractivity contribution in [2.75, 3.05) is 31.6 Å². The van der Waals surface area contributed by atoms with Crippen molar-refractivity contribution in [2.45, 2.75) is 25.9 Å². The van der Waals surface area contributed by atoms with Gasteiger partial charge in [-0.05, 0) is 62.7 Å². The summed E-state index contributed by atoms with van der Waals surface area (Å²) in [6.07, 6.45) is 7.04. The molecule has 1 amide bonds. The molecule has 0 aliphatic carbocycles. The van der Waals surface area contributed by atoms with Gasteiger partial charge in [-0.1, -0.05) is 24.3 Å². The van der Waals surface area contributed by atoms with Crippen LogP contribution in [0, 0.1) is 0 Å². The largest absolute Gasteiger partial charge is 0.493 e. The van der Waals surface area contributed by atoms with E-state index in [0.717, 1.165) is 24.2 Å². The standard InChI is InChI=1S/C26H29N3O3/c30-26(28-22-9-2-1-3-10-22)24-12-11-23(31-17-7-16-29-14-4-5-15-29)18-25(24)32-20-21-8-6-13-27-19-21/h1-3,6,8-13,18-19H,4-5,7,14-17,20H2,(H,28,30). The monoisotopic (exact) mass is 431 g/mol. The molecule has 0 saturated carbocycles. The Morgan fingerprint density at radius 2 is 1.84 bits per heavy atom. The van der Waals surface area contributed by atoms with Crippen molar-refractivity contribution >= 4 is 11.6 Å². The van der Waals surface area contributed by atoms with Gasteiger partial charge in [0, 0.05) is 36.3 Å². The molecule has 2 heterocycles. The Hall–Kier alpha value is -3.38. The minimum Gasteiger partial charge on any atom is -0.493 e. The van der Waals surface area contributed by atoms with Gasteiger partial charge in [0.2, 0.25) is 0 Å². The summed E-state index contributed by atoms with van der Waals surface area (Å²) in [4.78, 5) is 19.5. The minimum atomic E-state index is -0.224. The molecule has 6 nitrogen and oxygen atoms in total. The predicted molar refractivity (Wildman–Crippen MR) is 125 cm³/mol. The normalized spacial score (nSPS) is 13.6. The summed E-state index contributed by atoms with van der Waals surface area (Å²) in [5.74, 6) is 0.959. The van der Waals surface area contributed by atoms with Crippen LogP contribution in [-0.4, -0.2) is 42.0 Å². The first kappa shape index (κ1) is 21.8. The molecule has 0 atom stereocenters. The number of benzene rings is 2. The van der Waals surface area contributed by atoms with Crippen LogP contribution in [0.4, 0.5) is 5.69 Å². The van der Waals surface area contributed by atoms with Crippen LogP contribution in [0.3, 0.4) is 0 Å². The number of carbonyl (C=O) groups excluding carboxylic acids is 1. The van der Waals surface area contributed by atoms with Crippen LogP contribution in [0.1, 0.15) is 35.2 Å². The van der Waals surface area contributed by atoms with E-state index in [-0.39, 0.29) is 5.91 Å². The Kier molecular flexibility index (Phi) is 7.71. The Labute approximate surface area is 189 Å². The van der Waals surface area contributed by atoms with Gasteiger partial charge in [-0.3, -0.25) is 9.78 Å². The Bertz CT molecular complexity index is 990. The number of hydrogen-bond acceptors (Lipinski definition) is 5. The first-order chi connectivity index (χ1) is 15.8. The zero-order valence-corrected chi connectivity index (χ0v) is 18.2. The molecule has 166 valence electrons. The number of anilines is 1. The number of nitrogens with zero attached hydrogens (tertiary/aromatic N) is 2. The third-order valence-electron chi connectivity index (χ3n) is 5.43. The number of aromatic nitrogens is 1. The van der Waals surface area contributed by atoms with Crippen molar-refractivity contribution in [3.05, 3.63) is 84.2 Å². The van der Waals surface area contributed by atoms with E-state index < -0.39 is 0 Å². The number of likely N-dealkylation sites (tertiary alicyclic amines) is 1. The van der Waals surface area contributed by atoms with E-state index >= 15 is 0 Å². The summed E-state index contributed by atoms with van der Waals surface area (Å²) in [7, 11) is 0. The Morgan fingerprint density at radius 1 is 1.00 bits per heavy atom. The smallest absolute Gasteiger partial charge is 0.259 e. The van der Waals surface area contributed by atoms with Crippen LogP contribution in [0.2, 0.25) is 0 Å². The Morgan fingerprint density at radius 3 is 2.62 bits per heavy atom. The molecule has 4 rings (SSSR count). The van der Waals surface area contributed by atoms with E-state index in [0.29, 0.717) is 30.3 Å². The number of para-hydroxylation sites is 1. The van der Waals surface area contributed by atoms with Crippen molar-refractivity contribution in [3.63, 3.8) is 0 Å². The highest BCUT2D eigenvalue weighted by atomic mass is 16.5. The second kappa shape index (κ2) is 11.3. The van der Waals surface area contributed by atoms with E-state index in [1.807, 2.05) is 48.5 Å². The summed E-state index contributed by atoms with van der Waals surface area (Å²) in [5, 5.41) is 2.92. The van der Waals surface area contributed by atoms with E-state index in [1.165, 1.54) is 25.9 Å². The van der Waals surface area contributed by atoms with Gasteiger partial charge < -0.3 is 19.7 Å². The molecule has 3 aromatic rings. The third kappa shape index (κ3) is 6.31. The molecule has 1 aliphatic rings. The first-order valence-corrected chi connectivity index (χ1v) is 11.2. The number of rotatable bonds is 10. The molecule has 32 heavy (non-hydrogen) atoms. The fraction of sp³-hybridized carbons (Fsp3) is 0.308. The molecule has 1 saturated heterocycles. The van der Waals surface area contributed by atoms with E-state index in [9.17, 15) is 4.79 Å². The zero-order chi connectivity index (χ0) is 22.0. The van der Waals surface area contributed by atoms with Crippen LogP contribution in [0.15, 0.2) is 73.1 Å². The highest BCUT2D eigenvalue weighted by Crippen LogP contribution is 2.27.